The number of phosphoric ester groups is 1. The topological polar surface area (TPSA) is 111 Å². The number of amides is 1. The number of ether oxygens (including phenoxy) is 1. The van der Waals surface area contributed by atoms with Crippen molar-refractivity contribution in [2.24, 2.45) is 0 Å². The zero-order valence-electron chi connectivity index (χ0n) is 48.7. The fourth-order valence-electron chi connectivity index (χ4n) is 9.29. The van der Waals surface area contributed by atoms with E-state index in [1.807, 2.05) is 33.3 Å². The first-order valence-corrected chi connectivity index (χ1v) is 32.7. The van der Waals surface area contributed by atoms with E-state index in [-0.39, 0.29) is 25.1 Å². The van der Waals surface area contributed by atoms with Gasteiger partial charge in [0.05, 0.1) is 33.8 Å². The Hall–Kier alpha value is -1.51. The number of carbonyl (C=O) groups is 2. The molecule has 0 spiro atoms. The summed E-state index contributed by atoms with van der Waals surface area (Å²) in [6.07, 6.45) is 61.6. The molecule has 3 unspecified atom stereocenters. The summed E-state index contributed by atoms with van der Waals surface area (Å²) in [4.78, 5) is 37.7. The first-order chi connectivity index (χ1) is 34.9. The van der Waals surface area contributed by atoms with E-state index in [1.54, 1.807) is 0 Å². The molecule has 0 aliphatic rings. The smallest absolute Gasteiger partial charge is 0.456 e. The van der Waals surface area contributed by atoms with Crippen molar-refractivity contribution in [3.8, 4) is 0 Å². The quantitative estimate of drug-likeness (QED) is 0.0205. The molecule has 0 rings (SSSR count). The predicted octanol–water partition coefficient (Wildman–Crippen LogP) is 18.9. The Morgan fingerprint density at radius 1 is 0.472 bits per heavy atom. The molecule has 0 aromatic heterocycles. The predicted molar refractivity (Wildman–Crippen MR) is 310 cm³/mol. The van der Waals surface area contributed by atoms with Gasteiger partial charge in [0.2, 0.25) is 5.91 Å². The van der Waals surface area contributed by atoms with E-state index in [4.69, 9.17) is 13.8 Å². The number of esters is 1. The van der Waals surface area contributed by atoms with Crippen molar-refractivity contribution in [3.05, 3.63) is 24.3 Å². The number of hydrogen-bond acceptors (Lipinski definition) is 6. The molecule has 0 aliphatic carbocycles. The lowest BCUT2D eigenvalue weighted by Gasteiger charge is -2.27. The molecule has 0 aromatic carbocycles. The van der Waals surface area contributed by atoms with Gasteiger partial charge >= 0.3 is 13.8 Å². The van der Waals surface area contributed by atoms with Crippen molar-refractivity contribution in [3.63, 3.8) is 0 Å². The van der Waals surface area contributed by atoms with E-state index in [0.29, 0.717) is 23.9 Å². The van der Waals surface area contributed by atoms with Crippen LogP contribution in [-0.2, 0) is 27.9 Å². The number of hydrogen-bond donors (Lipinski definition) is 2. The maximum Gasteiger partial charge on any atom is 0.472 e. The highest BCUT2D eigenvalue weighted by Gasteiger charge is 2.30. The third-order valence-electron chi connectivity index (χ3n) is 14.1. The summed E-state index contributed by atoms with van der Waals surface area (Å²) >= 11 is 0. The van der Waals surface area contributed by atoms with Crippen molar-refractivity contribution in [1.82, 2.24) is 5.32 Å². The van der Waals surface area contributed by atoms with Gasteiger partial charge in [-0.3, -0.25) is 18.6 Å². The summed E-state index contributed by atoms with van der Waals surface area (Å²) in [5.41, 5.74) is 0. The zero-order chi connectivity index (χ0) is 52.9. The third-order valence-corrected chi connectivity index (χ3v) is 15.1. The van der Waals surface area contributed by atoms with Gasteiger partial charge in [-0.15, -0.1) is 0 Å². The van der Waals surface area contributed by atoms with Crippen LogP contribution in [0.15, 0.2) is 24.3 Å². The summed E-state index contributed by atoms with van der Waals surface area (Å²) in [7, 11) is 1.51. The second-order valence-electron chi connectivity index (χ2n) is 22.6. The van der Waals surface area contributed by atoms with Crippen LogP contribution in [0.5, 0.6) is 0 Å². The Morgan fingerprint density at radius 3 is 1.18 bits per heavy atom. The first kappa shape index (κ1) is 70.5. The maximum atomic E-state index is 13.5. The largest absolute Gasteiger partial charge is 0.472 e. The molecule has 0 radical (unpaired) electrons. The van der Waals surface area contributed by atoms with Gasteiger partial charge in [0.15, 0.2) is 0 Å². The Balaban J connectivity index is 5.25. The van der Waals surface area contributed by atoms with E-state index in [1.165, 1.54) is 218 Å². The lowest BCUT2D eigenvalue weighted by atomic mass is 10.0. The molecule has 0 heterocycles. The second kappa shape index (κ2) is 52.9. The number of carbonyl (C=O) groups excluding carboxylic acids is 2. The average molecular weight is 1040 g/mol. The van der Waals surface area contributed by atoms with Gasteiger partial charge in [-0.2, -0.15) is 0 Å². The Kier molecular flexibility index (Phi) is 51.8. The van der Waals surface area contributed by atoms with Crippen LogP contribution in [0.2, 0.25) is 0 Å². The molecule has 0 bridgehead atoms. The van der Waals surface area contributed by atoms with Crippen molar-refractivity contribution in [1.29, 1.82) is 0 Å². The van der Waals surface area contributed by atoms with Crippen LogP contribution < -0.4 is 5.32 Å². The van der Waals surface area contributed by atoms with Crippen LogP contribution in [0.3, 0.4) is 0 Å². The minimum atomic E-state index is -4.44. The van der Waals surface area contributed by atoms with Crippen molar-refractivity contribution >= 4 is 19.7 Å². The molecule has 2 N–H and O–H groups in total. The van der Waals surface area contributed by atoms with Crippen LogP contribution in [-0.4, -0.2) is 74.3 Å². The number of nitrogens with one attached hydrogen (secondary N) is 1. The highest BCUT2D eigenvalue weighted by atomic mass is 31.2. The molecule has 0 saturated carbocycles. The fraction of sp³-hybridized carbons (Fsp3) is 0.903. The Bertz CT molecular complexity index is 1290. The molecule has 426 valence electrons. The number of phosphoric acid groups is 1. The van der Waals surface area contributed by atoms with Gasteiger partial charge in [-0.1, -0.05) is 264 Å². The number of nitrogens with zero attached hydrogens (tertiary/aromatic N) is 1. The highest BCUT2D eigenvalue weighted by molar-refractivity contribution is 7.47. The van der Waals surface area contributed by atoms with Crippen LogP contribution in [0.4, 0.5) is 0 Å². The van der Waals surface area contributed by atoms with Gasteiger partial charge in [-0.05, 0) is 57.4 Å². The van der Waals surface area contributed by atoms with E-state index in [0.717, 1.165) is 57.8 Å². The second-order valence-corrected chi connectivity index (χ2v) is 24.0. The molecule has 0 fully saturated rings. The molecular formula is C62H122N2O7P+. The maximum absolute atomic E-state index is 13.5. The molecule has 72 heavy (non-hydrogen) atoms. The van der Waals surface area contributed by atoms with Gasteiger partial charge in [0.25, 0.3) is 0 Å². The van der Waals surface area contributed by atoms with E-state index >= 15 is 0 Å². The molecule has 0 aliphatic heterocycles. The summed E-state index contributed by atoms with van der Waals surface area (Å²) in [5, 5.41) is 3.06. The monoisotopic (exact) mass is 1040 g/mol. The third kappa shape index (κ3) is 53.3. The number of likely N-dealkylation sites (N-methyl/N-ethyl adjacent to an activating group) is 1. The Morgan fingerprint density at radius 2 is 0.806 bits per heavy atom. The van der Waals surface area contributed by atoms with Crippen molar-refractivity contribution in [2.45, 2.75) is 322 Å². The van der Waals surface area contributed by atoms with Crippen LogP contribution >= 0.6 is 7.82 Å². The zero-order valence-corrected chi connectivity index (χ0v) is 49.6. The molecular weight excluding hydrogens is 916 g/mol. The summed E-state index contributed by atoms with van der Waals surface area (Å²) in [5.74, 6) is -0.491. The highest BCUT2D eigenvalue weighted by Crippen LogP contribution is 2.43. The summed E-state index contributed by atoms with van der Waals surface area (Å²) in [6.45, 7) is 7.05. The summed E-state index contributed by atoms with van der Waals surface area (Å²) in [6, 6.07) is -0.843. The van der Waals surface area contributed by atoms with Gasteiger partial charge in [-0.25, -0.2) is 4.57 Å². The number of quaternary nitrogens is 1. The normalized spacial score (nSPS) is 13.8. The molecule has 1 amide bonds. The standard InChI is InChI=1S/C62H121N2O7P/c1-7-10-13-16-19-22-25-28-30-31-32-33-34-36-39-42-45-48-51-54-61(65)63-59(58-70-72(67,68)69-57-56-64(4,5)6)60(53-50-47-44-41-38-35-27-24-21-18-15-12-9-3)71-62(66)55-52-49-46-43-40-37-29-26-23-20-17-14-11-8-2/h28,30,50,53,59-60H,7-27,29,31-49,51-52,54-58H2,1-6H3,(H-,63,65,67,68)/p+1/b30-28+,53-50-. The Labute approximate surface area is 447 Å². The number of unbranched alkanes of at least 4 members (excludes halogenated alkanes) is 39. The van der Waals surface area contributed by atoms with Crippen LogP contribution in [0, 0.1) is 0 Å². The van der Waals surface area contributed by atoms with Crippen LogP contribution in [0.25, 0.3) is 0 Å². The fourth-order valence-corrected chi connectivity index (χ4v) is 10.0. The minimum Gasteiger partial charge on any atom is -0.456 e. The lowest BCUT2D eigenvalue weighted by molar-refractivity contribution is -0.870. The van der Waals surface area contributed by atoms with Crippen LogP contribution in [0.1, 0.15) is 310 Å². The SMILES string of the molecule is CCCCCCCC/C=C/CCCCCCCCCCCC(=O)NC(COP(=O)(O)OCC[N+](C)(C)C)C(/C=C\CCCCCCCCCCCCC)OC(=O)CCCCCCCCCCCCCCCC. The number of allylic oxidation sites excluding steroid dienone is 3. The van der Waals surface area contributed by atoms with Crippen molar-refractivity contribution < 1.29 is 37.3 Å². The number of rotatable bonds is 57. The van der Waals surface area contributed by atoms with Gasteiger partial charge < -0.3 is 19.4 Å². The van der Waals surface area contributed by atoms with Crippen molar-refractivity contribution in [2.75, 3.05) is 40.9 Å². The molecule has 0 aromatic rings. The molecule has 10 heteroatoms. The minimum absolute atomic E-state index is 0.0434. The average Bonchev–Trinajstić information content (AvgIpc) is 3.34. The molecule has 9 nitrogen and oxygen atoms in total. The molecule has 0 saturated heterocycles. The van der Waals surface area contributed by atoms with E-state index in [2.05, 4.69) is 38.2 Å². The van der Waals surface area contributed by atoms with Gasteiger partial charge in [0.1, 0.15) is 19.3 Å². The van der Waals surface area contributed by atoms with E-state index < -0.39 is 20.0 Å². The van der Waals surface area contributed by atoms with Gasteiger partial charge in [0, 0.05) is 12.8 Å². The van der Waals surface area contributed by atoms with E-state index in [9.17, 15) is 19.0 Å². The lowest BCUT2D eigenvalue weighted by Crippen LogP contribution is -2.47. The summed E-state index contributed by atoms with van der Waals surface area (Å²) < 4.78 is 30.7. The first-order valence-electron chi connectivity index (χ1n) is 31.2. The molecule has 3 atom stereocenters.